The van der Waals surface area contributed by atoms with Crippen molar-refractivity contribution < 1.29 is 38.2 Å². The highest BCUT2D eigenvalue weighted by Gasteiger charge is 2.42. The zero-order valence-electron chi connectivity index (χ0n) is 37.2. The van der Waals surface area contributed by atoms with Gasteiger partial charge in [-0.05, 0) is 75.6 Å². The normalized spacial score (nSPS) is 21.4. The number of fused-ring (bicyclic) bond motifs is 2. The molecule has 16 heteroatoms. The van der Waals surface area contributed by atoms with Crippen molar-refractivity contribution in [2.45, 2.75) is 115 Å². The van der Waals surface area contributed by atoms with E-state index in [2.05, 4.69) is 32.3 Å². The molecule has 5 amide bonds. The number of hydrogen-bond acceptors (Lipinski definition) is 12. The number of unbranched alkanes of at least 4 members (excludes halogenated alkanes) is 1. The minimum Gasteiger partial charge on any atom is -0.496 e. The Labute approximate surface area is 374 Å². The number of ether oxygens (including phenoxy) is 2. The molecule has 2 unspecified atom stereocenters. The van der Waals surface area contributed by atoms with Crippen LogP contribution in [-0.4, -0.2) is 120 Å². The molecule has 1 aliphatic carbocycles. The van der Waals surface area contributed by atoms with E-state index < -0.39 is 11.9 Å². The van der Waals surface area contributed by atoms with Crippen molar-refractivity contribution in [3.63, 3.8) is 0 Å². The lowest BCUT2D eigenvalue weighted by molar-refractivity contribution is -0.137. The Balaban J connectivity index is 0.748. The zero-order valence-corrected chi connectivity index (χ0v) is 37.2. The first-order valence-electron chi connectivity index (χ1n) is 23.0. The van der Waals surface area contributed by atoms with E-state index in [-0.39, 0.29) is 60.8 Å². The van der Waals surface area contributed by atoms with Gasteiger partial charge in [-0.2, -0.15) is 0 Å². The first kappa shape index (κ1) is 44.9. The number of likely N-dealkylation sites (N-methyl/N-ethyl adjacent to an activating group) is 1. The highest BCUT2D eigenvalue weighted by atomic mass is 16.5. The van der Waals surface area contributed by atoms with Crippen LogP contribution in [0.15, 0.2) is 42.6 Å². The van der Waals surface area contributed by atoms with E-state index in [1.54, 1.807) is 43.5 Å². The van der Waals surface area contributed by atoms with Gasteiger partial charge in [-0.15, -0.1) is 0 Å². The molecule has 2 N–H and O–H groups in total. The van der Waals surface area contributed by atoms with Crippen molar-refractivity contribution >= 4 is 52.5 Å². The Kier molecular flexibility index (Phi) is 14.0. The van der Waals surface area contributed by atoms with Crippen molar-refractivity contribution in [1.82, 2.24) is 25.1 Å². The molecule has 2 saturated heterocycles. The van der Waals surface area contributed by atoms with Crippen LogP contribution in [0.3, 0.4) is 0 Å². The number of Topliss-reactive ketones (excluding diaryl/α,β-unsaturated/α-hetero) is 1. The second-order valence-corrected chi connectivity index (χ2v) is 17.8. The lowest BCUT2D eigenvalue weighted by Gasteiger charge is -2.43. The number of ketones is 1. The van der Waals surface area contributed by atoms with Gasteiger partial charge in [0.25, 0.3) is 5.91 Å². The summed E-state index contributed by atoms with van der Waals surface area (Å²) in [6.07, 6.45) is 10.9. The van der Waals surface area contributed by atoms with Gasteiger partial charge >= 0.3 is 0 Å². The zero-order chi connectivity index (χ0) is 44.9. The molecule has 3 fully saturated rings. The molecule has 8 rings (SSSR count). The Hall–Kier alpha value is -5.74. The lowest BCUT2D eigenvalue weighted by atomic mass is 9.96. The first-order chi connectivity index (χ1) is 31.0. The lowest BCUT2D eigenvalue weighted by Crippen LogP contribution is -2.55. The Morgan fingerprint density at radius 3 is 2.61 bits per heavy atom. The van der Waals surface area contributed by atoms with Gasteiger partial charge in [0, 0.05) is 93.0 Å². The van der Waals surface area contributed by atoms with Gasteiger partial charge in [0.05, 0.1) is 19.9 Å². The average molecular weight is 877 g/mol. The van der Waals surface area contributed by atoms with Gasteiger partial charge < -0.3 is 34.4 Å². The molecule has 64 heavy (non-hydrogen) atoms. The number of aromatic nitrogens is 2. The molecular formula is C48H60N8O8. The van der Waals surface area contributed by atoms with E-state index >= 15 is 0 Å². The van der Waals surface area contributed by atoms with E-state index in [0.717, 1.165) is 75.2 Å². The van der Waals surface area contributed by atoms with Crippen LogP contribution in [0.25, 0.3) is 0 Å². The minimum atomic E-state index is -0.714. The molecule has 0 radical (unpaired) electrons. The van der Waals surface area contributed by atoms with E-state index in [0.29, 0.717) is 85.3 Å². The van der Waals surface area contributed by atoms with Crippen molar-refractivity contribution in [2.24, 2.45) is 5.92 Å². The smallest absolute Gasteiger partial charge is 0.255 e. The number of benzene rings is 2. The van der Waals surface area contributed by atoms with Gasteiger partial charge in [0.15, 0.2) is 11.6 Å². The molecule has 5 heterocycles. The maximum Gasteiger partial charge on any atom is 0.255 e. The van der Waals surface area contributed by atoms with Crippen molar-refractivity contribution in [3.8, 4) is 5.75 Å². The number of nitrogens with one attached hydrogen (secondary N) is 2. The second-order valence-electron chi connectivity index (χ2n) is 17.8. The van der Waals surface area contributed by atoms with E-state index in [1.807, 2.05) is 18.2 Å². The summed E-state index contributed by atoms with van der Waals surface area (Å²) >= 11 is 0. The molecule has 0 spiro atoms. The molecule has 4 aliphatic heterocycles. The van der Waals surface area contributed by atoms with Crippen LogP contribution in [0.2, 0.25) is 0 Å². The van der Waals surface area contributed by atoms with E-state index in [4.69, 9.17) is 14.5 Å². The van der Waals surface area contributed by atoms with Crippen LogP contribution in [0.1, 0.15) is 122 Å². The van der Waals surface area contributed by atoms with Gasteiger partial charge in [-0.3, -0.25) is 34.1 Å². The summed E-state index contributed by atoms with van der Waals surface area (Å²) in [7, 11) is 3.42. The van der Waals surface area contributed by atoms with Crippen LogP contribution < -0.4 is 25.2 Å². The number of rotatable bonds is 18. The summed E-state index contributed by atoms with van der Waals surface area (Å²) < 4.78 is 11.7. The number of methoxy groups -OCH3 is 1. The SMILES string of the molecule is CC[C@@H]1C(=O)N(C)c2cnc(Cc3ccc(C(=O)CC4CCN(CCOCCCCC(=O)Nc5cccc6c5CN(C5CCC(=O)NC5=O)C6=O)C4)cc3OC)nc2N1C1CCCC1. The third kappa shape index (κ3) is 9.67. The second kappa shape index (κ2) is 20.0. The molecule has 1 aromatic heterocycles. The number of carbonyl (C=O) groups is 6. The third-order valence-corrected chi connectivity index (χ3v) is 13.6. The number of amides is 5. The van der Waals surface area contributed by atoms with Gasteiger partial charge in [0.1, 0.15) is 29.3 Å². The predicted octanol–water partition coefficient (Wildman–Crippen LogP) is 5.06. The highest BCUT2D eigenvalue weighted by Crippen LogP contribution is 2.40. The quantitative estimate of drug-likeness (QED) is 0.0986. The largest absolute Gasteiger partial charge is 0.496 e. The number of likely N-dealkylation sites (tertiary alicyclic amines) is 1. The number of anilines is 3. The van der Waals surface area contributed by atoms with Crippen molar-refractivity contribution in [1.29, 1.82) is 0 Å². The minimum absolute atomic E-state index is 0.0866. The monoisotopic (exact) mass is 876 g/mol. The molecule has 5 aliphatic rings. The summed E-state index contributed by atoms with van der Waals surface area (Å²) in [6.45, 7) is 5.87. The summed E-state index contributed by atoms with van der Waals surface area (Å²) in [5.74, 6) is 1.28. The molecule has 340 valence electrons. The number of nitrogens with zero attached hydrogens (tertiary/aromatic N) is 6. The summed E-state index contributed by atoms with van der Waals surface area (Å²) in [4.78, 5) is 94.3. The van der Waals surface area contributed by atoms with Gasteiger partial charge in [-0.25, -0.2) is 9.97 Å². The van der Waals surface area contributed by atoms with Crippen LogP contribution >= 0.6 is 0 Å². The number of carbonyl (C=O) groups excluding carboxylic acids is 6. The van der Waals surface area contributed by atoms with E-state index in [1.165, 1.54) is 4.90 Å². The number of hydrogen-bond donors (Lipinski definition) is 2. The van der Waals surface area contributed by atoms with Crippen LogP contribution in [-0.2, 0) is 36.9 Å². The van der Waals surface area contributed by atoms with Crippen LogP contribution in [0.5, 0.6) is 5.75 Å². The Morgan fingerprint density at radius 2 is 1.83 bits per heavy atom. The average Bonchev–Trinajstić information content (AvgIpc) is 4.06. The summed E-state index contributed by atoms with van der Waals surface area (Å²) in [6, 6.07) is 10.2. The molecule has 1 saturated carbocycles. The maximum absolute atomic E-state index is 13.5. The molecule has 2 aromatic carbocycles. The molecular weight excluding hydrogens is 817 g/mol. The summed E-state index contributed by atoms with van der Waals surface area (Å²) in [5.41, 5.74) is 3.95. The predicted molar refractivity (Wildman–Crippen MR) is 239 cm³/mol. The number of piperidine rings is 1. The van der Waals surface area contributed by atoms with Crippen molar-refractivity contribution in [3.05, 3.63) is 70.7 Å². The molecule has 3 atom stereocenters. The molecule has 0 bridgehead atoms. The van der Waals surface area contributed by atoms with Crippen LogP contribution in [0, 0.1) is 5.92 Å². The fraction of sp³-hybridized carbons (Fsp3) is 0.542. The standard InChI is InChI=1S/C48H60N8O8/c1-4-37-48(62)53(2)39-27-49-42(51-45(39)56(37)33-10-5-6-11-33)26-32-16-15-31(25-41(32)63-3)40(57)24-30-19-20-54(28-30)21-23-64-22-8-7-14-43(58)50-36-13-9-12-34-35(36)29-55(47(34)61)38-17-18-44(59)52-46(38)60/h9,12-13,15-16,25,27,30,33,37-38H,4-8,10-11,14,17-24,26,28-29H2,1-3H3,(H,50,58)(H,52,59,60)/t30?,37-,38?/m1/s1. The van der Waals surface area contributed by atoms with Gasteiger partial charge in [-0.1, -0.05) is 38.0 Å². The highest BCUT2D eigenvalue weighted by molar-refractivity contribution is 6.07. The Bertz CT molecular complexity index is 2280. The number of imide groups is 1. The maximum atomic E-state index is 13.5. The topological polar surface area (TPSA) is 184 Å². The van der Waals surface area contributed by atoms with Crippen molar-refractivity contribution in [2.75, 3.05) is 62.1 Å². The van der Waals surface area contributed by atoms with Gasteiger partial charge in [0.2, 0.25) is 23.6 Å². The fourth-order valence-electron chi connectivity index (χ4n) is 10.1. The summed E-state index contributed by atoms with van der Waals surface area (Å²) in [5, 5.41) is 5.26. The molecule has 16 nitrogen and oxygen atoms in total. The first-order valence-corrected chi connectivity index (χ1v) is 23.0. The Morgan fingerprint density at radius 1 is 1.00 bits per heavy atom. The van der Waals surface area contributed by atoms with E-state index in [9.17, 15) is 28.8 Å². The van der Waals surface area contributed by atoms with Crippen LogP contribution in [0.4, 0.5) is 17.2 Å². The molecule has 3 aromatic rings. The fourth-order valence-corrected chi connectivity index (χ4v) is 10.1. The third-order valence-electron chi connectivity index (χ3n) is 13.6.